The Morgan fingerprint density at radius 1 is 1.14 bits per heavy atom. The molecule has 5 nitrogen and oxygen atoms in total. The third-order valence-electron chi connectivity index (χ3n) is 4.27. The van der Waals surface area contributed by atoms with E-state index in [0.29, 0.717) is 28.8 Å². The van der Waals surface area contributed by atoms with E-state index in [-0.39, 0.29) is 11.3 Å². The summed E-state index contributed by atoms with van der Waals surface area (Å²) >= 11 is 12.3. The minimum Gasteiger partial charge on any atom is -0.345 e. The second kappa shape index (κ2) is 8.33. The summed E-state index contributed by atoms with van der Waals surface area (Å²) in [6.07, 6.45) is 1.70. The van der Waals surface area contributed by atoms with Gasteiger partial charge in [0.2, 0.25) is 0 Å². The maximum Gasteiger partial charge on any atom is 0.269 e. The number of pyridine rings is 1. The molecule has 1 aromatic carbocycles. The number of carbonyl (C=O) groups excluding carboxylic acids is 1. The summed E-state index contributed by atoms with van der Waals surface area (Å²) in [5, 5.41) is 8.69. The SMILES string of the molecule is CC(C)(C)c1cc(C(=O)NCc2ccccn2)n(Cc2ccc(Cl)cc2Cl)n1. The van der Waals surface area contributed by atoms with E-state index in [4.69, 9.17) is 23.2 Å². The summed E-state index contributed by atoms with van der Waals surface area (Å²) in [5.41, 5.74) is 2.75. The molecule has 0 radical (unpaired) electrons. The fourth-order valence-corrected chi connectivity index (χ4v) is 3.13. The first-order chi connectivity index (χ1) is 13.2. The maximum absolute atomic E-state index is 12.9. The quantitative estimate of drug-likeness (QED) is 0.645. The molecule has 0 atom stereocenters. The van der Waals surface area contributed by atoms with Gasteiger partial charge < -0.3 is 5.32 Å². The molecule has 2 aromatic heterocycles. The van der Waals surface area contributed by atoms with Gasteiger partial charge in [0.05, 0.1) is 24.5 Å². The van der Waals surface area contributed by atoms with Gasteiger partial charge in [-0.05, 0) is 35.9 Å². The smallest absolute Gasteiger partial charge is 0.269 e. The minimum atomic E-state index is -0.210. The Bertz CT molecular complexity index is 978. The topological polar surface area (TPSA) is 59.8 Å². The standard InChI is InChI=1S/C21H22Cl2N4O/c1-21(2,3)19-11-18(20(28)25-12-16-6-4-5-9-24-16)27(26-19)13-14-7-8-15(22)10-17(14)23/h4-11H,12-13H2,1-3H3,(H,25,28). The van der Waals surface area contributed by atoms with Gasteiger partial charge in [-0.3, -0.25) is 14.5 Å². The van der Waals surface area contributed by atoms with Gasteiger partial charge in [0, 0.05) is 21.7 Å². The molecular weight excluding hydrogens is 395 g/mol. The van der Waals surface area contributed by atoms with E-state index >= 15 is 0 Å². The van der Waals surface area contributed by atoms with Crippen molar-refractivity contribution < 1.29 is 4.79 Å². The molecule has 0 aliphatic carbocycles. The van der Waals surface area contributed by atoms with Crippen LogP contribution >= 0.6 is 23.2 Å². The number of aromatic nitrogens is 3. The molecule has 2 heterocycles. The Balaban J connectivity index is 1.88. The second-order valence-electron chi connectivity index (χ2n) is 7.56. The summed E-state index contributed by atoms with van der Waals surface area (Å²) in [7, 11) is 0. The van der Waals surface area contributed by atoms with Crippen LogP contribution in [0.2, 0.25) is 10.0 Å². The number of hydrogen-bond donors (Lipinski definition) is 1. The van der Waals surface area contributed by atoms with Crippen molar-refractivity contribution in [3.8, 4) is 0 Å². The zero-order valence-electron chi connectivity index (χ0n) is 16.0. The Morgan fingerprint density at radius 2 is 1.93 bits per heavy atom. The fraction of sp³-hybridized carbons (Fsp3) is 0.286. The molecule has 0 bridgehead atoms. The first-order valence-corrected chi connectivity index (χ1v) is 9.70. The molecule has 0 unspecified atom stereocenters. The Kier molecular flexibility index (Phi) is 6.06. The van der Waals surface area contributed by atoms with Crippen molar-refractivity contribution in [1.29, 1.82) is 0 Å². The highest BCUT2D eigenvalue weighted by Crippen LogP contribution is 2.25. The predicted molar refractivity (Wildman–Crippen MR) is 112 cm³/mol. The number of hydrogen-bond acceptors (Lipinski definition) is 3. The number of halogens is 2. The molecule has 1 amide bonds. The molecule has 0 saturated carbocycles. The average Bonchev–Trinajstić information content (AvgIpc) is 3.07. The van der Waals surface area contributed by atoms with E-state index < -0.39 is 0 Å². The lowest BCUT2D eigenvalue weighted by Crippen LogP contribution is -2.26. The van der Waals surface area contributed by atoms with Crippen LogP contribution in [0.5, 0.6) is 0 Å². The summed E-state index contributed by atoms with van der Waals surface area (Å²) < 4.78 is 1.68. The average molecular weight is 417 g/mol. The third-order valence-corrected chi connectivity index (χ3v) is 4.86. The molecule has 146 valence electrons. The van der Waals surface area contributed by atoms with Crippen LogP contribution in [-0.2, 0) is 18.5 Å². The van der Waals surface area contributed by atoms with Crippen molar-refractivity contribution in [3.05, 3.63) is 81.4 Å². The van der Waals surface area contributed by atoms with Gasteiger partial charge in [0.15, 0.2) is 0 Å². The van der Waals surface area contributed by atoms with E-state index in [9.17, 15) is 4.79 Å². The zero-order chi connectivity index (χ0) is 20.3. The van der Waals surface area contributed by atoms with E-state index in [1.54, 1.807) is 23.0 Å². The van der Waals surface area contributed by atoms with Crippen LogP contribution < -0.4 is 5.32 Å². The van der Waals surface area contributed by atoms with Crippen LogP contribution in [0.1, 0.15) is 48.2 Å². The number of carbonyl (C=O) groups is 1. The van der Waals surface area contributed by atoms with Crippen LogP contribution in [-0.4, -0.2) is 20.7 Å². The van der Waals surface area contributed by atoms with Crippen molar-refractivity contribution in [1.82, 2.24) is 20.1 Å². The van der Waals surface area contributed by atoms with E-state index in [0.717, 1.165) is 17.0 Å². The van der Waals surface area contributed by atoms with Crippen molar-refractivity contribution in [3.63, 3.8) is 0 Å². The highest BCUT2D eigenvalue weighted by molar-refractivity contribution is 6.35. The molecule has 7 heteroatoms. The van der Waals surface area contributed by atoms with Gasteiger partial charge >= 0.3 is 0 Å². The maximum atomic E-state index is 12.9. The van der Waals surface area contributed by atoms with Gasteiger partial charge in [-0.25, -0.2) is 0 Å². The molecule has 0 fully saturated rings. The number of benzene rings is 1. The predicted octanol–water partition coefficient (Wildman–Crippen LogP) is 4.86. The van der Waals surface area contributed by atoms with E-state index in [1.165, 1.54) is 0 Å². The molecule has 0 spiro atoms. The van der Waals surface area contributed by atoms with Crippen molar-refractivity contribution in [2.75, 3.05) is 0 Å². The monoisotopic (exact) mass is 416 g/mol. The van der Waals surface area contributed by atoms with Gasteiger partial charge in [-0.2, -0.15) is 5.10 Å². The Labute approximate surface area is 174 Å². The molecule has 3 aromatic rings. The molecule has 0 saturated heterocycles. The second-order valence-corrected chi connectivity index (χ2v) is 8.41. The lowest BCUT2D eigenvalue weighted by atomic mass is 9.92. The van der Waals surface area contributed by atoms with E-state index in [2.05, 4.69) is 36.2 Å². The van der Waals surface area contributed by atoms with Crippen LogP contribution in [0, 0.1) is 0 Å². The molecule has 3 rings (SSSR count). The highest BCUT2D eigenvalue weighted by Gasteiger charge is 2.23. The van der Waals surface area contributed by atoms with Gasteiger partial charge in [-0.15, -0.1) is 0 Å². The van der Waals surface area contributed by atoms with Crippen LogP contribution in [0.3, 0.4) is 0 Å². The summed E-state index contributed by atoms with van der Waals surface area (Å²) in [5.74, 6) is -0.210. The minimum absolute atomic E-state index is 0.189. The zero-order valence-corrected chi connectivity index (χ0v) is 17.6. The number of nitrogens with zero attached hydrogens (tertiary/aromatic N) is 3. The van der Waals surface area contributed by atoms with Crippen LogP contribution in [0.4, 0.5) is 0 Å². The highest BCUT2D eigenvalue weighted by atomic mass is 35.5. The van der Waals surface area contributed by atoms with Crippen molar-refractivity contribution >= 4 is 29.1 Å². The molecular formula is C21H22Cl2N4O. The van der Waals surface area contributed by atoms with Crippen molar-refractivity contribution in [2.45, 2.75) is 39.3 Å². The van der Waals surface area contributed by atoms with Gasteiger partial charge in [-0.1, -0.05) is 56.1 Å². The Morgan fingerprint density at radius 3 is 2.57 bits per heavy atom. The molecule has 0 aliphatic rings. The summed E-state index contributed by atoms with van der Waals surface area (Å²) in [4.78, 5) is 17.1. The molecule has 1 N–H and O–H groups in total. The normalized spacial score (nSPS) is 11.5. The Hall–Kier alpha value is -2.37. The van der Waals surface area contributed by atoms with Crippen LogP contribution in [0.25, 0.3) is 0 Å². The number of amides is 1. The summed E-state index contributed by atoms with van der Waals surface area (Å²) in [6, 6.07) is 12.7. The largest absolute Gasteiger partial charge is 0.345 e. The number of nitrogens with one attached hydrogen (secondary N) is 1. The first-order valence-electron chi connectivity index (χ1n) is 8.94. The van der Waals surface area contributed by atoms with Crippen molar-refractivity contribution in [2.24, 2.45) is 0 Å². The summed E-state index contributed by atoms with van der Waals surface area (Å²) in [6.45, 7) is 6.90. The lowest BCUT2D eigenvalue weighted by Gasteiger charge is -2.14. The van der Waals surface area contributed by atoms with Crippen LogP contribution in [0.15, 0.2) is 48.7 Å². The fourth-order valence-electron chi connectivity index (χ4n) is 2.66. The van der Waals surface area contributed by atoms with Gasteiger partial charge in [0.1, 0.15) is 5.69 Å². The number of rotatable bonds is 5. The first kappa shape index (κ1) is 20.4. The lowest BCUT2D eigenvalue weighted by molar-refractivity contribution is 0.0940. The third kappa shape index (κ3) is 4.91. The van der Waals surface area contributed by atoms with E-state index in [1.807, 2.05) is 30.3 Å². The molecule has 28 heavy (non-hydrogen) atoms. The van der Waals surface area contributed by atoms with Gasteiger partial charge in [0.25, 0.3) is 5.91 Å². The molecule has 0 aliphatic heterocycles.